The van der Waals surface area contributed by atoms with Crippen LogP contribution < -0.4 is 16.0 Å². The van der Waals surface area contributed by atoms with Crippen LogP contribution in [0.2, 0.25) is 0 Å². The molecule has 170 valence electrons. The number of halogens is 3. The lowest BCUT2D eigenvalue weighted by Crippen LogP contribution is -2.35. The van der Waals surface area contributed by atoms with Crippen molar-refractivity contribution in [3.8, 4) is 0 Å². The van der Waals surface area contributed by atoms with Gasteiger partial charge in [-0.1, -0.05) is 18.2 Å². The van der Waals surface area contributed by atoms with Crippen LogP contribution in [-0.4, -0.2) is 11.8 Å². The molecule has 4 rings (SSSR count). The monoisotopic (exact) mass is 453 g/mol. The number of benzene rings is 3. The number of nitrogens with two attached hydrogens (primary N) is 1. The number of hydrogen-bond acceptors (Lipinski definition) is 3. The molecule has 0 spiro atoms. The van der Waals surface area contributed by atoms with Gasteiger partial charge in [-0.05, 0) is 49.2 Å². The predicted molar refractivity (Wildman–Crippen MR) is 119 cm³/mol. The Morgan fingerprint density at radius 3 is 2.39 bits per heavy atom. The number of carbonyl (C=O) groups excluding carboxylic acids is 2. The van der Waals surface area contributed by atoms with Crippen LogP contribution >= 0.6 is 0 Å². The number of hydrogen-bond donors (Lipinski definition) is 2. The molecule has 3 aromatic carbocycles. The van der Waals surface area contributed by atoms with E-state index in [1.807, 2.05) is 19.9 Å². The van der Waals surface area contributed by atoms with Crippen LogP contribution in [0.5, 0.6) is 0 Å². The van der Waals surface area contributed by atoms with E-state index < -0.39 is 40.9 Å². The molecule has 0 aromatic heterocycles. The second-order valence-corrected chi connectivity index (χ2v) is 8.52. The first-order valence-corrected chi connectivity index (χ1v) is 10.3. The number of rotatable bonds is 5. The summed E-state index contributed by atoms with van der Waals surface area (Å²) in [5, 5.41) is 2.45. The molecule has 33 heavy (non-hydrogen) atoms. The van der Waals surface area contributed by atoms with Gasteiger partial charge in [-0.3, -0.25) is 9.59 Å². The van der Waals surface area contributed by atoms with Gasteiger partial charge in [0.05, 0.1) is 12.0 Å². The van der Waals surface area contributed by atoms with E-state index in [0.29, 0.717) is 23.5 Å². The van der Waals surface area contributed by atoms with Crippen molar-refractivity contribution in [1.82, 2.24) is 5.32 Å². The predicted octanol–water partition coefficient (Wildman–Crippen LogP) is 4.44. The molecule has 5 nitrogen and oxygen atoms in total. The standard InChI is InChI=1S/C25H22F3N3O2/c1-25(2)19-7-6-15(23(32)30-12-18-20(27)10-16(26)11-21(18)28)9-22(19)31(24(25)33)13-14-4-3-5-17(29)8-14/h3-11H,12-13,29H2,1-2H3,(H,30,32). The number of nitrogens with zero attached hydrogens (tertiary/aromatic N) is 1. The zero-order chi connectivity index (χ0) is 23.9. The molecule has 1 aliphatic rings. The highest BCUT2D eigenvalue weighted by molar-refractivity contribution is 6.09. The molecule has 0 bridgehead atoms. The fraction of sp³-hybridized carbons (Fsp3) is 0.200. The maximum atomic E-state index is 13.9. The van der Waals surface area contributed by atoms with Crippen LogP contribution in [0.4, 0.5) is 24.5 Å². The van der Waals surface area contributed by atoms with Gasteiger partial charge in [-0.25, -0.2) is 13.2 Å². The first-order valence-electron chi connectivity index (χ1n) is 10.3. The van der Waals surface area contributed by atoms with Gasteiger partial charge in [0.2, 0.25) is 5.91 Å². The Morgan fingerprint density at radius 2 is 1.73 bits per heavy atom. The Bertz CT molecular complexity index is 1250. The molecule has 1 aliphatic heterocycles. The fourth-order valence-corrected chi connectivity index (χ4v) is 4.03. The van der Waals surface area contributed by atoms with Crippen molar-refractivity contribution in [1.29, 1.82) is 0 Å². The molecule has 8 heteroatoms. The summed E-state index contributed by atoms with van der Waals surface area (Å²) in [6, 6.07) is 13.2. The Hall–Kier alpha value is -3.81. The minimum atomic E-state index is -1.08. The van der Waals surface area contributed by atoms with E-state index in [0.717, 1.165) is 11.1 Å². The van der Waals surface area contributed by atoms with Crippen LogP contribution in [0.1, 0.15) is 40.9 Å². The van der Waals surface area contributed by atoms with Crippen molar-refractivity contribution in [3.05, 3.63) is 94.3 Å². The second kappa shape index (κ2) is 8.27. The average Bonchev–Trinajstić information content (AvgIpc) is 2.93. The fourth-order valence-electron chi connectivity index (χ4n) is 4.03. The number of anilines is 2. The molecule has 0 saturated heterocycles. The summed E-state index contributed by atoms with van der Waals surface area (Å²) in [5.41, 5.74) is 7.62. The van der Waals surface area contributed by atoms with Crippen molar-refractivity contribution in [2.24, 2.45) is 0 Å². The van der Waals surface area contributed by atoms with Crippen molar-refractivity contribution < 1.29 is 22.8 Å². The van der Waals surface area contributed by atoms with E-state index in [4.69, 9.17) is 5.73 Å². The maximum absolute atomic E-state index is 13.9. The highest BCUT2D eigenvalue weighted by Gasteiger charge is 2.44. The summed E-state index contributed by atoms with van der Waals surface area (Å²) in [4.78, 5) is 27.5. The van der Waals surface area contributed by atoms with Gasteiger partial charge in [-0.15, -0.1) is 0 Å². The van der Waals surface area contributed by atoms with E-state index in [2.05, 4.69) is 5.32 Å². The van der Waals surface area contributed by atoms with Gasteiger partial charge in [0.15, 0.2) is 0 Å². The average molecular weight is 453 g/mol. The molecule has 0 atom stereocenters. The Kier molecular flexibility index (Phi) is 5.61. The lowest BCUT2D eigenvalue weighted by molar-refractivity contribution is -0.122. The molecular formula is C25H22F3N3O2. The second-order valence-electron chi connectivity index (χ2n) is 8.52. The molecule has 0 radical (unpaired) electrons. The van der Waals surface area contributed by atoms with Crippen molar-refractivity contribution in [2.45, 2.75) is 32.4 Å². The van der Waals surface area contributed by atoms with Crippen molar-refractivity contribution in [2.75, 3.05) is 10.6 Å². The molecule has 0 aliphatic carbocycles. The summed E-state index contributed by atoms with van der Waals surface area (Å²) in [7, 11) is 0. The molecule has 0 saturated carbocycles. The smallest absolute Gasteiger partial charge is 0.251 e. The van der Waals surface area contributed by atoms with Gasteiger partial charge in [-0.2, -0.15) is 0 Å². The third-order valence-corrected chi connectivity index (χ3v) is 5.83. The van der Waals surface area contributed by atoms with Crippen LogP contribution in [0.15, 0.2) is 54.6 Å². The normalized spacial score (nSPS) is 14.3. The topological polar surface area (TPSA) is 75.4 Å². The third kappa shape index (κ3) is 4.16. The van der Waals surface area contributed by atoms with E-state index in [1.54, 1.807) is 41.3 Å². The lowest BCUT2D eigenvalue weighted by Gasteiger charge is -2.20. The van der Waals surface area contributed by atoms with Crippen molar-refractivity contribution >= 4 is 23.2 Å². The van der Waals surface area contributed by atoms with E-state index in [9.17, 15) is 22.8 Å². The first kappa shape index (κ1) is 22.4. The molecule has 3 aromatic rings. The number of nitrogen functional groups attached to an aromatic ring is 1. The minimum Gasteiger partial charge on any atom is -0.399 e. The molecule has 1 heterocycles. The maximum Gasteiger partial charge on any atom is 0.251 e. The van der Waals surface area contributed by atoms with E-state index in [-0.39, 0.29) is 18.0 Å². The summed E-state index contributed by atoms with van der Waals surface area (Å²) in [6.45, 7) is 3.45. The van der Waals surface area contributed by atoms with Gasteiger partial charge in [0.25, 0.3) is 5.91 Å². The Balaban J connectivity index is 1.60. The molecule has 0 fully saturated rings. The van der Waals surface area contributed by atoms with Crippen molar-refractivity contribution in [3.63, 3.8) is 0 Å². The van der Waals surface area contributed by atoms with E-state index >= 15 is 0 Å². The number of fused-ring (bicyclic) bond motifs is 1. The van der Waals surface area contributed by atoms with Crippen LogP contribution in [0, 0.1) is 17.5 Å². The Labute approximate surface area is 189 Å². The molecule has 2 amide bonds. The van der Waals surface area contributed by atoms with Crippen LogP contribution in [-0.2, 0) is 23.3 Å². The summed E-state index contributed by atoms with van der Waals surface area (Å²) >= 11 is 0. The zero-order valence-electron chi connectivity index (χ0n) is 18.1. The summed E-state index contributed by atoms with van der Waals surface area (Å²) in [6.07, 6.45) is 0. The number of carbonyl (C=O) groups is 2. The third-order valence-electron chi connectivity index (χ3n) is 5.83. The van der Waals surface area contributed by atoms with Gasteiger partial charge in [0.1, 0.15) is 17.5 Å². The lowest BCUT2D eigenvalue weighted by atomic mass is 9.86. The zero-order valence-corrected chi connectivity index (χ0v) is 18.1. The first-order chi connectivity index (χ1) is 15.6. The molecular weight excluding hydrogens is 431 g/mol. The number of amides is 2. The van der Waals surface area contributed by atoms with Gasteiger partial charge in [0, 0.05) is 41.2 Å². The quantitative estimate of drug-likeness (QED) is 0.561. The SMILES string of the molecule is CC1(C)C(=O)N(Cc2cccc(N)c2)c2cc(C(=O)NCc3c(F)cc(F)cc3F)ccc21. The molecule has 3 N–H and O–H groups in total. The van der Waals surface area contributed by atoms with Gasteiger partial charge < -0.3 is 16.0 Å². The van der Waals surface area contributed by atoms with E-state index in [1.165, 1.54) is 0 Å². The summed E-state index contributed by atoms with van der Waals surface area (Å²) in [5.74, 6) is -3.90. The Morgan fingerprint density at radius 1 is 1.03 bits per heavy atom. The van der Waals surface area contributed by atoms with Crippen LogP contribution in [0.25, 0.3) is 0 Å². The summed E-state index contributed by atoms with van der Waals surface area (Å²) < 4.78 is 40.9. The highest BCUT2D eigenvalue weighted by atomic mass is 19.1. The minimum absolute atomic E-state index is 0.118. The highest BCUT2D eigenvalue weighted by Crippen LogP contribution is 2.42. The molecule has 0 unspecified atom stereocenters. The largest absolute Gasteiger partial charge is 0.399 e. The number of nitrogens with one attached hydrogen (secondary N) is 1. The van der Waals surface area contributed by atoms with Gasteiger partial charge >= 0.3 is 0 Å². The van der Waals surface area contributed by atoms with Crippen LogP contribution in [0.3, 0.4) is 0 Å².